The first-order chi connectivity index (χ1) is 8.31. The fourth-order valence-electron chi connectivity index (χ4n) is 1.82. The van der Waals surface area contributed by atoms with Crippen molar-refractivity contribution in [2.45, 2.75) is 6.42 Å². The van der Waals surface area contributed by atoms with E-state index < -0.39 is 0 Å². The van der Waals surface area contributed by atoms with Crippen LogP contribution in [0, 0.1) is 11.3 Å². The van der Waals surface area contributed by atoms with Crippen molar-refractivity contribution in [3.63, 3.8) is 0 Å². The Morgan fingerprint density at radius 2 is 2.00 bits per heavy atom. The van der Waals surface area contributed by atoms with Gasteiger partial charge in [0.05, 0.1) is 18.2 Å². The summed E-state index contributed by atoms with van der Waals surface area (Å²) in [5.41, 5.74) is 1.20. The van der Waals surface area contributed by atoms with Gasteiger partial charge in [0.2, 0.25) is 0 Å². The number of amides is 1. The van der Waals surface area contributed by atoms with E-state index in [-0.39, 0.29) is 5.91 Å². The summed E-state index contributed by atoms with van der Waals surface area (Å²) in [7, 11) is 0. The van der Waals surface area contributed by atoms with E-state index in [1.807, 2.05) is 6.07 Å². The van der Waals surface area contributed by atoms with Gasteiger partial charge in [0.15, 0.2) is 0 Å². The maximum Gasteiger partial charge on any atom is 0.253 e. The number of hydrogen-bond donors (Lipinski definition) is 0. The molecule has 2 rings (SSSR count). The molecule has 0 aliphatic carbocycles. The molecule has 1 fully saturated rings. The van der Waals surface area contributed by atoms with Gasteiger partial charge >= 0.3 is 0 Å². The molecule has 1 aliphatic rings. The minimum atomic E-state index is 0.0139. The zero-order valence-corrected chi connectivity index (χ0v) is 9.56. The fourth-order valence-corrected chi connectivity index (χ4v) is 1.82. The van der Waals surface area contributed by atoms with E-state index in [0.717, 1.165) is 19.6 Å². The first-order valence-corrected chi connectivity index (χ1v) is 5.68. The van der Waals surface area contributed by atoms with Crippen LogP contribution >= 0.6 is 0 Å². The lowest BCUT2D eigenvalue weighted by atomic mass is 10.1. The summed E-state index contributed by atoms with van der Waals surface area (Å²) >= 11 is 0. The molecule has 0 aromatic heterocycles. The van der Waals surface area contributed by atoms with E-state index in [2.05, 4.69) is 0 Å². The van der Waals surface area contributed by atoms with E-state index in [0.29, 0.717) is 24.3 Å². The summed E-state index contributed by atoms with van der Waals surface area (Å²) in [6.07, 6.45) is 0.877. The SMILES string of the molecule is N#Cc1ccc(C(=O)N2CCCOCC2)cc1. The third kappa shape index (κ3) is 2.83. The van der Waals surface area contributed by atoms with E-state index in [4.69, 9.17) is 10.00 Å². The highest BCUT2D eigenvalue weighted by Crippen LogP contribution is 2.09. The van der Waals surface area contributed by atoms with Crippen LogP contribution in [0.4, 0.5) is 0 Å². The van der Waals surface area contributed by atoms with Crippen LogP contribution in [-0.4, -0.2) is 37.1 Å². The number of benzene rings is 1. The predicted molar refractivity (Wildman–Crippen MR) is 62.5 cm³/mol. The van der Waals surface area contributed by atoms with Gasteiger partial charge in [0, 0.05) is 25.3 Å². The van der Waals surface area contributed by atoms with Crippen LogP contribution in [0.2, 0.25) is 0 Å². The smallest absolute Gasteiger partial charge is 0.253 e. The van der Waals surface area contributed by atoms with Crippen LogP contribution in [-0.2, 0) is 4.74 Å². The van der Waals surface area contributed by atoms with Gasteiger partial charge in [-0.25, -0.2) is 0 Å². The predicted octanol–water partition coefficient (Wildman–Crippen LogP) is 1.42. The Kier molecular flexibility index (Phi) is 3.73. The van der Waals surface area contributed by atoms with Gasteiger partial charge in [-0.2, -0.15) is 5.26 Å². The molecule has 88 valence electrons. The molecule has 4 nitrogen and oxygen atoms in total. The van der Waals surface area contributed by atoms with E-state index >= 15 is 0 Å². The standard InChI is InChI=1S/C13H14N2O2/c14-10-11-2-4-12(5-3-11)13(16)15-6-1-8-17-9-7-15/h2-5H,1,6-9H2. The van der Waals surface area contributed by atoms with E-state index in [1.54, 1.807) is 29.2 Å². The second-order valence-corrected chi connectivity index (χ2v) is 3.95. The number of ether oxygens (including phenoxy) is 1. The van der Waals surface area contributed by atoms with Gasteiger partial charge in [-0.05, 0) is 30.7 Å². The first kappa shape index (κ1) is 11.6. The topological polar surface area (TPSA) is 53.3 Å². The van der Waals surface area contributed by atoms with Crippen LogP contribution in [0.5, 0.6) is 0 Å². The average molecular weight is 230 g/mol. The third-order valence-electron chi connectivity index (χ3n) is 2.77. The number of carbonyl (C=O) groups is 1. The monoisotopic (exact) mass is 230 g/mol. The van der Waals surface area contributed by atoms with Crippen molar-refractivity contribution in [2.24, 2.45) is 0 Å². The molecule has 1 aromatic carbocycles. The Balaban J connectivity index is 2.09. The van der Waals surface area contributed by atoms with Gasteiger partial charge < -0.3 is 9.64 Å². The Hall–Kier alpha value is -1.86. The Bertz CT molecular complexity index is 426. The Morgan fingerprint density at radius 1 is 1.24 bits per heavy atom. The molecule has 1 amide bonds. The van der Waals surface area contributed by atoms with E-state index in [9.17, 15) is 4.79 Å². The van der Waals surface area contributed by atoms with Gasteiger partial charge in [-0.1, -0.05) is 0 Å². The number of nitriles is 1. The second kappa shape index (κ2) is 5.46. The maximum atomic E-state index is 12.1. The lowest BCUT2D eigenvalue weighted by molar-refractivity contribution is 0.0741. The van der Waals surface area contributed by atoms with Gasteiger partial charge in [0.25, 0.3) is 5.91 Å². The van der Waals surface area contributed by atoms with Crippen LogP contribution in [0.3, 0.4) is 0 Å². The Morgan fingerprint density at radius 3 is 2.71 bits per heavy atom. The van der Waals surface area contributed by atoms with Crippen molar-refractivity contribution in [2.75, 3.05) is 26.3 Å². The highest BCUT2D eigenvalue weighted by Gasteiger charge is 2.17. The molecule has 0 saturated carbocycles. The summed E-state index contributed by atoms with van der Waals surface area (Å²) in [6, 6.07) is 8.78. The molecular formula is C13H14N2O2. The molecule has 0 unspecified atom stereocenters. The molecule has 4 heteroatoms. The zero-order valence-electron chi connectivity index (χ0n) is 9.56. The fraction of sp³-hybridized carbons (Fsp3) is 0.385. The lowest BCUT2D eigenvalue weighted by Gasteiger charge is -2.19. The summed E-state index contributed by atoms with van der Waals surface area (Å²) in [5, 5.41) is 8.69. The van der Waals surface area contributed by atoms with Crippen LogP contribution < -0.4 is 0 Å². The number of hydrogen-bond acceptors (Lipinski definition) is 3. The number of carbonyl (C=O) groups excluding carboxylic acids is 1. The molecule has 0 radical (unpaired) electrons. The molecule has 1 saturated heterocycles. The third-order valence-corrected chi connectivity index (χ3v) is 2.77. The van der Waals surface area contributed by atoms with Gasteiger partial charge in [0.1, 0.15) is 0 Å². The van der Waals surface area contributed by atoms with Gasteiger partial charge in [-0.15, -0.1) is 0 Å². The van der Waals surface area contributed by atoms with Crippen LogP contribution in [0.15, 0.2) is 24.3 Å². The van der Waals surface area contributed by atoms with Crippen molar-refractivity contribution in [1.82, 2.24) is 4.90 Å². The van der Waals surface area contributed by atoms with E-state index in [1.165, 1.54) is 0 Å². The minimum absolute atomic E-state index is 0.0139. The molecule has 1 aromatic rings. The highest BCUT2D eigenvalue weighted by atomic mass is 16.5. The first-order valence-electron chi connectivity index (χ1n) is 5.68. The minimum Gasteiger partial charge on any atom is -0.380 e. The zero-order chi connectivity index (χ0) is 12.1. The summed E-state index contributed by atoms with van der Waals surface area (Å²) in [4.78, 5) is 13.9. The quantitative estimate of drug-likeness (QED) is 0.733. The number of rotatable bonds is 1. The van der Waals surface area contributed by atoms with Crippen molar-refractivity contribution < 1.29 is 9.53 Å². The second-order valence-electron chi connectivity index (χ2n) is 3.95. The summed E-state index contributed by atoms with van der Waals surface area (Å²) in [5.74, 6) is 0.0139. The Labute approximate surface area is 100 Å². The number of nitrogens with zero attached hydrogens (tertiary/aromatic N) is 2. The van der Waals surface area contributed by atoms with Crippen molar-refractivity contribution in [3.8, 4) is 6.07 Å². The molecular weight excluding hydrogens is 216 g/mol. The van der Waals surface area contributed by atoms with Crippen LogP contribution in [0.1, 0.15) is 22.3 Å². The average Bonchev–Trinajstić information content (AvgIpc) is 2.67. The normalized spacial score (nSPS) is 16.1. The maximum absolute atomic E-state index is 12.1. The van der Waals surface area contributed by atoms with Gasteiger partial charge in [-0.3, -0.25) is 4.79 Å². The molecule has 1 heterocycles. The molecule has 0 bridgehead atoms. The largest absolute Gasteiger partial charge is 0.380 e. The molecule has 0 spiro atoms. The van der Waals surface area contributed by atoms with Crippen molar-refractivity contribution in [1.29, 1.82) is 5.26 Å². The summed E-state index contributed by atoms with van der Waals surface area (Å²) < 4.78 is 5.31. The molecule has 0 N–H and O–H groups in total. The van der Waals surface area contributed by atoms with Crippen LogP contribution in [0.25, 0.3) is 0 Å². The molecule has 0 atom stereocenters. The summed E-state index contributed by atoms with van der Waals surface area (Å²) in [6.45, 7) is 2.69. The van der Waals surface area contributed by atoms with Crippen molar-refractivity contribution in [3.05, 3.63) is 35.4 Å². The van der Waals surface area contributed by atoms with Crippen molar-refractivity contribution >= 4 is 5.91 Å². The highest BCUT2D eigenvalue weighted by molar-refractivity contribution is 5.94. The molecule has 1 aliphatic heterocycles. The lowest BCUT2D eigenvalue weighted by Crippen LogP contribution is -2.33. The molecule has 17 heavy (non-hydrogen) atoms.